The Morgan fingerprint density at radius 1 is 1.07 bits per heavy atom. The number of halogens is 1. The van der Waals surface area contributed by atoms with E-state index in [-0.39, 0.29) is 17.6 Å². The van der Waals surface area contributed by atoms with E-state index in [1.54, 1.807) is 6.07 Å². The highest BCUT2D eigenvalue weighted by Gasteiger charge is 2.08. The number of rotatable bonds is 6. The second-order valence-corrected chi connectivity index (χ2v) is 7.06. The molecule has 0 heterocycles. The molecule has 0 bridgehead atoms. The zero-order valence-corrected chi connectivity index (χ0v) is 17.2. The number of hydrazine groups is 1. The van der Waals surface area contributed by atoms with E-state index in [0.717, 1.165) is 15.6 Å². The van der Waals surface area contributed by atoms with E-state index in [0.29, 0.717) is 18.6 Å². The Bertz CT molecular complexity index is 815. The number of nitrogens with one attached hydrogen (secondary N) is 3. The lowest BCUT2D eigenvalue weighted by Crippen LogP contribution is -2.49. The fourth-order valence-corrected chi connectivity index (χ4v) is 2.84. The first-order valence-electron chi connectivity index (χ1n) is 8.25. The third kappa shape index (κ3) is 7.76. The summed E-state index contributed by atoms with van der Waals surface area (Å²) in [5, 5.41) is 2.54. The molecule has 3 N–H and O–H groups in total. The average Bonchev–Trinajstić information content (AvgIpc) is 2.65. The van der Waals surface area contributed by atoms with Crippen LogP contribution in [0.25, 0.3) is 0 Å². The van der Waals surface area contributed by atoms with Gasteiger partial charge in [-0.2, -0.15) is 0 Å². The molecule has 0 unspecified atom stereocenters. The lowest BCUT2D eigenvalue weighted by atomic mass is 10.1. The Hall–Kier alpha value is -2.45. The van der Waals surface area contributed by atoms with Crippen molar-refractivity contribution in [2.45, 2.75) is 19.8 Å². The SMILES string of the molecule is Cc1cc(Br)ccc1OCC(=O)NNC(=S)NC(=O)CCc1ccccc1. The number of ether oxygens (including phenoxy) is 1. The second kappa shape index (κ2) is 10.6. The molecule has 0 aromatic heterocycles. The summed E-state index contributed by atoms with van der Waals surface area (Å²) < 4.78 is 6.39. The van der Waals surface area contributed by atoms with E-state index in [4.69, 9.17) is 17.0 Å². The van der Waals surface area contributed by atoms with Gasteiger partial charge in [-0.05, 0) is 54.9 Å². The van der Waals surface area contributed by atoms with E-state index in [1.165, 1.54) is 0 Å². The van der Waals surface area contributed by atoms with Crippen LogP contribution in [0.4, 0.5) is 0 Å². The van der Waals surface area contributed by atoms with Crippen LogP contribution in [0.2, 0.25) is 0 Å². The first kappa shape index (κ1) is 20.9. The van der Waals surface area contributed by atoms with Crippen molar-refractivity contribution < 1.29 is 14.3 Å². The van der Waals surface area contributed by atoms with Gasteiger partial charge in [-0.1, -0.05) is 46.3 Å². The van der Waals surface area contributed by atoms with Crippen molar-refractivity contribution in [3.05, 3.63) is 64.1 Å². The van der Waals surface area contributed by atoms with Gasteiger partial charge in [0.05, 0.1) is 0 Å². The highest BCUT2D eigenvalue weighted by atomic mass is 79.9. The quantitative estimate of drug-likeness (QED) is 0.466. The number of aryl methyl sites for hydroxylation is 2. The van der Waals surface area contributed by atoms with Crippen LogP contribution in [-0.2, 0) is 16.0 Å². The predicted molar refractivity (Wildman–Crippen MR) is 111 cm³/mol. The molecular weight excluding hydrogens is 430 g/mol. The third-order valence-corrected chi connectivity index (χ3v) is 4.25. The molecule has 2 amide bonds. The first-order chi connectivity index (χ1) is 12.9. The zero-order valence-electron chi connectivity index (χ0n) is 14.8. The molecule has 142 valence electrons. The Kier molecular flexibility index (Phi) is 8.22. The van der Waals surface area contributed by atoms with Crippen LogP contribution in [0.1, 0.15) is 17.5 Å². The van der Waals surface area contributed by atoms with Gasteiger partial charge in [-0.25, -0.2) is 0 Å². The van der Waals surface area contributed by atoms with E-state index in [9.17, 15) is 9.59 Å². The van der Waals surface area contributed by atoms with Crippen LogP contribution in [0.3, 0.4) is 0 Å². The maximum absolute atomic E-state index is 11.9. The molecule has 2 aromatic rings. The van der Waals surface area contributed by atoms with E-state index in [2.05, 4.69) is 32.1 Å². The van der Waals surface area contributed by atoms with Crippen LogP contribution >= 0.6 is 28.1 Å². The Morgan fingerprint density at radius 3 is 2.52 bits per heavy atom. The third-order valence-electron chi connectivity index (χ3n) is 3.55. The summed E-state index contributed by atoms with van der Waals surface area (Å²) in [6.45, 7) is 1.70. The van der Waals surface area contributed by atoms with Crippen molar-refractivity contribution in [2.24, 2.45) is 0 Å². The highest BCUT2D eigenvalue weighted by Crippen LogP contribution is 2.21. The molecule has 0 radical (unpaired) electrons. The molecule has 0 aliphatic carbocycles. The van der Waals surface area contributed by atoms with Gasteiger partial charge in [0.1, 0.15) is 5.75 Å². The molecule has 0 spiro atoms. The molecule has 0 fully saturated rings. The number of benzene rings is 2. The summed E-state index contributed by atoms with van der Waals surface area (Å²) in [6, 6.07) is 15.2. The van der Waals surface area contributed by atoms with Crippen LogP contribution in [0, 0.1) is 6.92 Å². The summed E-state index contributed by atoms with van der Waals surface area (Å²) in [4.78, 5) is 23.7. The Labute approximate surface area is 171 Å². The molecule has 0 saturated heterocycles. The van der Waals surface area contributed by atoms with Gasteiger partial charge in [0, 0.05) is 10.9 Å². The van der Waals surface area contributed by atoms with Crippen molar-refractivity contribution in [2.75, 3.05) is 6.61 Å². The molecule has 0 saturated carbocycles. The monoisotopic (exact) mass is 449 g/mol. The first-order valence-corrected chi connectivity index (χ1v) is 9.45. The van der Waals surface area contributed by atoms with Crippen molar-refractivity contribution in [3.8, 4) is 5.75 Å². The minimum absolute atomic E-state index is 0.0289. The summed E-state index contributed by atoms with van der Waals surface area (Å²) in [5.41, 5.74) is 6.85. The molecule has 6 nitrogen and oxygen atoms in total. The average molecular weight is 450 g/mol. The van der Waals surface area contributed by atoms with Gasteiger partial charge in [-0.15, -0.1) is 0 Å². The van der Waals surface area contributed by atoms with Gasteiger partial charge in [0.25, 0.3) is 5.91 Å². The molecule has 27 heavy (non-hydrogen) atoms. The Morgan fingerprint density at radius 2 is 1.81 bits per heavy atom. The summed E-state index contributed by atoms with van der Waals surface area (Å²) in [6.07, 6.45) is 0.910. The number of amides is 2. The Balaban J connectivity index is 1.65. The maximum atomic E-state index is 11.9. The molecule has 2 aromatic carbocycles. The van der Waals surface area contributed by atoms with Gasteiger partial charge in [0.2, 0.25) is 5.91 Å². The summed E-state index contributed by atoms with van der Waals surface area (Å²) >= 11 is 8.36. The minimum atomic E-state index is -0.418. The van der Waals surface area contributed by atoms with E-state index in [1.807, 2.05) is 49.4 Å². The van der Waals surface area contributed by atoms with Crippen LogP contribution in [0.5, 0.6) is 5.75 Å². The van der Waals surface area contributed by atoms with Crippen LogP contribution in [0.15, 0.2) is 53.0 Å². The fourth-order valence-electron chi connectivity index (χ4n) is 2.20. The largest absolute Gasteiger partial charge is 0.483 e. The van der Waals surface area contributed by atoms with Gasteiger partial charge < -0.3 is 10.1 Å². The summed E-state index contributed by atoms with van der Waals surface area (Å²) in [7, 11) is 0. The normalized spacial score (nSPS) is 10.0. The van der Waals surface area contributed by atoms with Gasteiger partial charge >= 0.3 is 0 Å². The van der Waals surface area contributed by atoms with Crippen molar-refractivity contribution in [3.63, 3.8) is 0 Å². The molecule has 0 aliphatic heterocycles. The second-order valence-electron chi connectivity index (χ2n) is 5.73. The van der Waals surface area contributed by atoms with Crippen molar-refractivity contribution >= 4 is 45.1 Å². The van der Waals surface area contributed by atoms with Crippen LogP contribution in [-0.4, -0.2) is 23.5 Å². The molecule has 8 heteroatoms. The lowest BCUT2D eigenvalue weighted by molar-refractivity contribution is -0.124. The minimum Gasteiger partial charge on any atom is -0.483 e. The van der Waals surface area contributed by atoms with Crippen molar-refractivity contribution in [1.82, 2.24) is 16.2 Å². The van der Waals surface area contributed by atoms with E-state index >= 15 is 0 Å². The number of carbonyl (C=O) groups excluding carboxylic acids is 2. The number of thiocarbonyl (C=S) groups is 1. The van der Waals surface area contributed by atoms with E-state index < -0.39 is 5.91 Å². The molecule has 0 aliphatic rings. The standard InChI is InChI=1S/C19H20BrN3O3S/c1-13-11-15(20)8-9-16(13)26-12-18(25)22-23-19(27)21-17(24)10-7-14-5-3-2-4-6-14/h2-6,8-9,11H,7,10,12H2,1H3,(H,22,25)(H2,21,23,24,27). The van der Waals surface area contributed by atoms with Crippen molar-refractivity contribution in [1.29, 1.82) is 0 Å². The molecular formula is C19H20BrN3O3S. The molecule has 0 atom stereocenters. The van der Waals surface area contributed by atoms with Gasteiger partial charge in [0.15, 0.2) is 11.7 Å². The van der Waals surface area contributed by atoms with Gasteiger partial charge in [-0.3, -0.25) is 20.4 Å². The number of hydrogen-bond acceptors (Lipinski definition) is 4. The maximum Gasteiger partial charge on any atom is 0.276 e. The predicted octanol–water partition coefficient (Wildman–Crippen LogP) is 2.79. The smallest absolute Gasteiger partial charge is 0.276 e. The number of hydrogen-bond donors (Lipinski definition) is 3. The van der Waals surface area contributed by atoms with Crippen LogP contribution < -0.4 is 20.9 Å². The molecule has 2 rings (SSSR count). The fraction of sp³-hybridized carbons (Fsp3) is 0.211. The number of carbonyl (C=O) groups is 2. The summed E-state index contributed by atoms with van der Waals surface area (Å²) in [5.74, 6) is -0.0318. The topological polar surface area (TPSA) is 79.5 Å². The zero-order chi connectivity index (χ0) is 19.6. The lowest BCUT2D eigenvalue weighted by Gasteiger charge is -2.12. The highest BCUT2D eigenvalue weighted by molar-refractivity contribution is 9.10.